The lowest BCUT2D eigenvalue weighted by atomic mass is 10.0. The highest BCUT2D eigenvalue weighted by molar-refractivity contribution is 7.80. The molecule has 4 rings (SSSR count). The quantitative estimate of drug-likeness (QED) is 0.448. The number of thiol groups is 1. The van der Waals surface area contributed by atoms with E-state index in [9.17, 15) is 4.39 Å². The standard InChI is InChI=1S/C21H15FN2S/c22-17-5-1-16(2-6-17)21-19(14-9-11-23-12-10-14)13-20(24-21)15-3-7-18(25)8-4-15/h1-13,24-25H. The second-order valence-electron chi connectivity index (χ2n) is 5.76. The molecule has 2 aromatic carbocycles. The molecule has 122 valence electrons. The summed E-state index contributed by atoms with van der Waals surface area (Å²) in [6.07, 6.45) is 3.54. The Morgan fingerprint density at radius 1 is 0.760 bits per heavy atom. The Balaban J connectivity index is 1.89. The van der Waals surface area contributed by atoms with Gasteiger partial charge in [0.25, 0.3) is 0 Å². The summed E-state index contributed by atoms with van der Waals surface area (Å²) in [6, 6.07) is 20.5. The molecule has 4 aromatic rings. The zero-order chi connectivity index (χ0) is 17.2. The van der Waals surface area contributed by atoms with Crippen molar-refractivity contribution in [2.45, 2.75) is 4.90 Å². The molecule has 0 aliphatic carbocycles. The van der Waals surface area contributed by atoms with Crippen LogP contribution in [-0.2, 0) is 0 Å². The van der Waals surface area contributed by atoms with E-state index < -0.39 is 0 Å². The summed E-state index contributed by atoms with van der Waals surface area (Å²) in [4.78, 5) is 8.50. The number of nitrogens with one attached hydrogen (secondary N) is 1. The molecule has 0 bridgehead atoms. The van der Waals surface area contributed by atoms with Crippen molar-refractivity contribution in [1.29, 1.82) is 0 Å². The molecule has 0 saturated carbocycles. The van der Waals surface area contributed by atoms with Crippen molar-refractivity contribution in [1.82, 2.24) is 9.97 Å². The molecule has 0 amide bonds. The van der Waals surface area contributed by atoms with Crippen LogP contribution in [0.5, 0.6) is 0 Å². The maximum absolute atomic E-state index is 13.3. The number of nitrogens with zero attached hydrogens (tertiary/aromatic N) is 1. The summed E-state index contributed by atoms with van der Waals surface area (Å²) >= 11 is 4.34. The van der Waals surface area contributed by atoms with Gasteiger partial charge in [-0.3, -0.25) is 4.98 Å². The highest BCUT2D eigenvalue weighted by atomic mass is 32.1. The minimum atomic E-state index is -0.245. The van der Waals surface area contributed by atoms with Gasteiger partial charge in [-0.2, -0.15) is 0 Å². The van der Waals surface area contributed by atoms with Crippen LogP contribution in [0.25, 0.3) is 33.6 Å². The average Bonchev–Trinajstić information content (AvgIpc) is 3.09. The normalized spacial score (nSPS) is 10.8. The molecule has 0 radical (unpaired) electrons. The van der Waals surface area contributed by atoms with Crippen LogP contribution in [-0.4, -0.2) is 9.97 Å². The second kappa shape index (κ2) is 6.57. The Bertz CT molecular complexity index is 991. The van der Waals surface area contributed by atoms with Gasteiger partial charge in [0.1, 0.15) is 5.82 Å². The van der Waals surface area contributed by atoms with Crippen molar-refractivity contribution in [3.63, 3.8) is 0 Å². The third kappa shape index (κ3) is 3.21. The predicted octanol–water partition coefficient (Wildman–Crippen LogP) is 5.84. The fourth-order valence-corrected chi connectivity index (χ4v) is 3.00. The molecule has 0 spiro atoms. The number of H-pyrrole nitrogens is 1. The summed E-state index contributed by atoms with van der Waals surface area (Å²) in [7, 11) is 0. The third-order valence-electron chi connectivity index (χ3n) is 4.12. The molecule has 25 heavy (non-hydrogen) atoms. The Hall–Kier alpha value is -2.85. The number of pyridine rings is 1. The highest BCUT2D eigenvalue weighted by Crippen LogP contribution is 2.35. The van der Waals surface area contributed by atoms with E-state index in [0.29, 0.717) is 0 Å². The number of halogens is 1. The summed E-state index contributed by atoms with van der Waals surface area (Å²) in [5, 5.41) is 0. The molecule has 0 atom stereocenters. The molecule has 0 fully saturated rings. The van der Waals surface area contributed by atoms with Crippen molar-refractivity contribution in [2.75, 3.05) is 0 Å². The van der Waals surface area contributed by atoms with Crippen LogP contribution in [0.3, 0.4) is 0 Å². The summed E-state index contributed by atoms with van der Waals surface area (Å²) in [5.41, 5.74) is 6.07. The van der Waals surface area contributed by atoms with E-state index in [-0.39, 0.29) is 5.82 Å². The van der Waals surface area contributed by atoms with Crippen molar-refractivity contribution >= 4 is 12.6 Å². The molecule has 1 N–H and O–H groups in total. The summed E-state index contributed by atoms with van der Waals surface area (Å²) in [6.45, 7) is 0. The Morgan fingerprint density at radius 3 is 2.08 bits per heavy atom. The Labute approximate surface area is 150 Å². The Kier molecular flexibility index (Phi) is 4.12. The van der Waals surface area contributed by atoms with Gasteiger partial charge in [-0.1, -0.05) is 12.1 Å². The summed E-state index contributed by atoms with van der Waals surface area (Å²) < 4.78 is 13.3. The minimum absolute atomic E-state index is 0.245. The van der Waals surface area contributed by atoms with Gasteiger partial charge >= 0.3 is 0 Å². The molecule has 0 aliphatic heterocycles. The van der Waals surface area contributed by atoms with Crippen LogP contribution in [0.15, 0.2) is 84.0 Å². The molecule has 0 aliphatic rings. The fourth-order valence-electron chi connectivity index (χ4n) is 2.85. The lowest BCUT2D eigenvalue weighted by molar-refractivity contribution is 0.628. The zero-order valence-corrected chi connectivity index (χ0v) is 14.2. The molecule has 4 heteroatoms. The van der Waals surface area contributed by atoms with E-state index in [1.54, 1.807) is 24.5 Å². The van der Waals surface area contributed by atoms with Gasteiger partial charge in [-0.05, 0) is 71.3 Å². The minimum Gasteiger partial charge on any atom is -0.354 e. The molecular formula is C21H15FN2S. The first-order chi connectivity index (χ1) is 12.2. The number of rotatable bonds is 3. The molecule has 2 heterocycles. The van der Waals surface area contributed by atoms with Crippen LogP contribution < -0.4 is 0 Å². The van der Waals surface area contributed by atoms with Gasteiger partial charge in [-0.25, -0.2) is 4.39 Å². The van der Waals surface area contributed by atoms with Crippen LogP contribution in [0.1, 0.15) is 0 Å². The molecule has 0 saturated heterocycles. The third-order valence-corrected chi connectivity index (χ3v) is 4.42. The number of benzene rings is 2. The van der Waals surface area contributed by atoms with Crippen LogP contribution >= 0.6 is 12.6 Å². The van der Waals surface area contributed by atoms with E-state index in [2.05, 4.69) is 28.7 Å². The van der Waals surface area contributed by atoms with Crippen LogP contribution in [0.2, 0.25) is 0 Å². The number of hydrogen-bond donors (Lipinski definition) is 2. The molecule has 0 unspecified atom stereocenters. The van der Waals surface area contributed by atoms with E-state index in [4.69, 9.17) is 0 Å². The first kappa shape index (κ1) is 15.7. The zero-order valence-electron chi connectivity index (χ0n) is 13.3. The smallest absolute Gasteiger partial charge is 0.123 e. The van der Waals surface area contributed by atoms with E-state index in [1.165, 1.54) is 12.1 Å². The largest absolute Gasteiger partial charge is 0.354 e. The van der Waals surface area contributed by atoms with E-state index >= 15 is 0 Å². The lowest BCUT2D eigenvalue weighted by Gasteiger charge is -2.04. The molecule has 2 aromatic heterocycles. The number of aromatic nitrogens is 2. The van der Waals surface area contributed by atoms with Gasteiger partial charge in [0.15, 0.2) is 0 Å². The first-order valence-electron chi connectivity index (χ1n) is 7.89. The fraction of sp³-hybridized carbons (Fsp3) is 0. The van der Waals surface area contributed by atoms with Gasteiger partial charge in [0, 0.05) is 28.5 Å². The van der Waals surface area contributed by atoms with Gasteiger partial charge in [0.05, 0.1) is 5.69 Å². The number of aromatic amines is 1. The molecule has 2 nitrogen and oxygen atoms in total. The van der Waals surface area contributed by atoms with Crippen molar-refractivity contribution in [3.8, 4) is 33.6 Å². The topological polar surface area (TPSA) is 28.7 Å². The van der Waals surface area contributed by atoms with Gasteiger partial charge in [-0.15, -0.1) is 12.6 Å². The van der Waals surface area contributed by atoms with E-state index in [1.807, 2.05) is 36.4 Å². The van der Waals surface area contributed by atoms with Gasteiger partial charge in [0.2, 0.25) is 0 Å². The highest BCUT2D eigenvalue weighted by Gasteiger charge is 2.13. The summed E-state index contributed by atoms with van der Waals surface area (Å²) in [5.74, 6) is -0.245. The molecular weight excluding hydrogens is 331 g/mol. The maximum atomic E-state index is 13.3. The van der Waals surface area contributed by atoms with Crippen molar-refractivity contribution < 1.29 is 4.39 Å². The van der Waals surface area contributed by atoms with E-state index in [0.717, 1.165) is 38.5 Å². The van der Waals surface area contributed by atoms with Crippen LogP contribution in [0, 0.1) is 5.82 Å². The van der Waals surface area contributed by atoms with Gasteiger partial charge < -0.3 is 4.98 Å². The SMILES string of the molecule is Fc1ccc(-c2[nH]c(-c3ccc(S)cc3)cc2-c2ccncc2)cc1. The average molecular weight is 346 g/mol. The van der Waals surface area contributed by atoms with Crippen molar-refractivity contribution in [2.24, 2.45) is 0 Å². The van der Waals surface area contributed by atoms with Crippen molar-refractivity contribution in [3.05, 3.63) is 84.9 Å². The Morgan fingerprint density at radius 2 is 1.40 bits per heavy atom. The maximum Gasteiger partial charge on any atom is 0.123 e. The monoisotopic (exact) mass is 346 g/mol. The predicted molar refractivity (Wildman–Crippen MR) is 102 cm³/mol. The first-order valence-corrected chi connectivity index (χ1v) is 8.34. The number of hydrogen-bond acceptors (Lipinski definition) is 2. The second-order valence-corrected chi connectivity index (χ2v) is 6.28. The van der Waals surface area contributed by atoms with Crippen LogP contribution in [0.4, 0.5) is 4.39 Å². The lowest BCUT2D eigenvalue weighted by Crippen LogP contribution is -1.84.